The minimum absolute atomic E-state index is 0.291. The number of nitrogens with zero attached hydrogens (tertiary/aromatic N) is 1. The van der Waals surface area contributed by atoms with Crippen molar-refractivity contribution < 1.29 is 9.13 Å². The molecule has 1 fully saturated rings. The molecule has 6 heteroatoms. The lowest BCUT2D eigenvalue weighted by Gasteiger charge is -2.29. The third kappa shape index (κ3) is 4.21. The van der Waals surface area contributed by atoms with Crippen molar-refractivity contribution in [2.45, 2.75) is 6.92 Å². The number of thiocarbonyl (C=S) groups is 1. The number of ether oxygens (including phenoxy) is 1. The van der Waals surface area contributed by atoms with Crippen LogP contribution in [0.4, 0.5) is 21.5 Å². The van der Waals surface area contributed by atoms with E-state index in [9.17, 15) is 4.39 Å². The molecule has 1 saturated heterocycles. The lowest BCUT2D eigenvalue weighted by atomic mass is 10.2. The Hall–Kier alpha value is -2.18. The second-order valence-electron chi connectivity index (χ2n) is 5.68. The lowest BCUT2D eigenvalue weighted by Crippen LogP contribution is -2.36. The van der Waals surface area contributed by atoms with Crippen molar-refractivity contribution in [2.75, 3.05) is 41.8 Å². The number of rotatable bonds is 3. The highest BCUT2D eigenvalue weighted by atomic mass is 32.1. The highest BCUT2D eigenvalue weighted by Gasteiger charge is 2.11. The minimum atomic E-state index is -0.291. The molecule has 0 saturated carbocycles. The fourth-order valence-electron chi connectivity index (χ4n) is 2.59. The quantitative estimate of drug-likeness (QED) is 0.828. The predicted molar refractivity (Wildman–Crippen MR) is 100 cm³/mol. The van der Waals surface area contributed by atoms with Crippen LogP contribution in [0.3, 0.4) is 0 Å². The molecule has 4 nitrogen and oxygen atoms in total. The van der Waals surface area contributed by atoms with Gasteiger partial charge in [-0.3, -0.25) is 0 Å². The highest BCUT2D eigenvalue weighted by Crippen LogP contribution is 2.20. The predicted octanol–water partition coefficient (Wildman–Crippen LogP) is 3.78. The first-order valence-corrected chi connectivity index (χ1v) is 8.29. The van der Waals surface area contributed by atoms with Crippen LogP contribution in [0.2, 0.25) is 0 Å². The van der Waals surface area contributed by atoms with Crippen molar-refractivity contribution >= 4 is 34.4 Å². The Morgan fingerprint density at radius 1 is 1.08 bits per heavy atom. The van der Waals surface area contributed by atoms with E-state index in [0.29, 0.717) is 10.8 Å². The SMILES string of the molecule is Cc1ccc(F)cc1NC(=S)Nc1ccc(N2CCOCC2)cc1. The van der Waals surface area contributed by atoms with Crippen LogP contribution >= 0.6 is 12.2 Å². The normalized spacial score (nSPS) is 14.3. The van der Waals surface area contributed by atoms with Crippen molar-refractivity contribution in [3.63, 3.8) is 0 Å². The Balaban J connectivity index is 1.61. The molecule has 3 rings (SSSR count). The molecule has 126 valence electrons. The van der Waals surface area contributed by atoms with Gasteiger partial charge in [0.25, 0.3) is 0 Å². The molecule has 2 aromatic carbocycles. The van der Waals surface area contributed by atoms with Gasteiger partial charge < -0.3 is 20.3 Å². The average molecular weight is 345 g/mol. The number of anilines is 3. The van der Waals surface area contributed by atoms with Crippen LogP contribution in [0.15, 0.2) is 42.5 Å². The third-order valence-electron chi connectivity index (χ3n) is 3.95. The summed E-state index contributed by atoms with van der Waals surface area (Å²) in [5.74, 6) is -0.291. The zero-order chi connectivity index (χ0) is 16.9. The lowest BCUT2D eigenvalue weighted by molar-refractivity contribution is 0.122. The summed E-state index contributed by atoms with van der Waals surface area (Å²) in [6, 6.07) is 12.7. The Morgan fingerprint density at radius 3 is 2.50 bits per heavy atom. The maximum Gasteiger partial charge on any atom is 0.175 e. The Morgan fingerprint density at radius 2 is 1.79 bits per heavy atom. The van der Waals surface area contributed by atoms with E-state index in [1.165, 1.54) is 17.8 Å². The molecular weight excluding hydrogens is 325 g/mol. The van der Waals surface area contributed by atoms with Gasteiger partial charge in [-0.2, -0.15) is 0 Å². The van der Waals surface area contributed by atoms with Crippen molar-refractivity contribution in [3.8, 4) is 0 Å². The standard InChI is InChI=1S/C18H20FN3OS/c1-13-2-3-14(19)12-17(13)21-18(24)20-15-4-6-16(7-5-15)22-8-10-23-11-9-22/h2-7,12H,8-11H2,1H3,(H2,20,21,24). The van der Waals surface area contributed by atoms with Gasteiger partial charge in [0.1, 0.15) is 5.82 Å². The number of aryl methyl sites for hydroxylation is 1. The summed E-state index contributed by atoms with van der Waals surface area (Å²) in [4.78, 5) is 2.29. The van der Waals surface area contributed by atoms with Crippen molar-refractivity contribution in [1.82, 2.24) is 0 Å². The van der Waals surface area contributed by atoms with Gasteiger partial charge in [-0.05, 0) is 61.1 Å². The number of hydrogen-bond donors (Lipinski definition) is 2. The van der Waals surface area contributed by atoms with Gasteiger partial charge in [-0.25, -0.2) is 4.39 Å². The summed E-state index contributed by atoms with van der Waals surface area (Å²) in [6.07, 6.45) is 0. The van der Waals surface area contributed by atoms with Gasteiger partial charge in [0, 0.05) is 30.2 Å². The molecular formula is C18H20FN3OS. The zero-order valence-corrected chi connectivity index (χ0v) is 14.3. The Kier molecular flexibility index (Phi) is 5.27. The number of nitrogens with one attached hydrogen (secondary N) is 2. The summed E-state index contributed by atoms with van der Waals surface area (Å²) in [5.41, 5.74) is 3.66. The van der Waals surface area contributed by atoms with Gasteiger partial charge >= 0.3 is 0 Å². The maximum atomic E-state index is 13.3. The fourth-order valence-corrected chi connectivity index (χ4v) is 2.82. The number of morpholine rings is 1. The first-order chi connectivity index (χ1) is 11.6. The molecule has 0 bridgehead atoms. The molecule has 2 aromatic rings. The summed E-state index contributed by atoms with van der Waals surface area (Å²) >= 11 is 5.31. The van der Waals surface area contributed by atoms with E-state index in [0.717, 1.165) is 37.6 Å². The van der Waals surface area contributed by atoms with Crippen molar-refractivity contribution in [1.29, 1.82) is 0 Å². The van der Waals surface area contributed by atoms with Gasteiger partial charge in [0.05, 0.1) is 13.2 Å². The molecule has 24 heavy (non-hydrogen) atoms. The monoisotopic (exact) mass is 345 g/mol. The first kappa shape index (κ1) is 16.7. The van der Waals surface area contributed by atoms with Crippen LogP contribution in [0.5, 0.6) is 0 Å². The van der Waals surface area contributed by atoms with Gasteiger partial charge in [0.2, 0.25) is 0 Å². The molecule has 0 radical (unpaired) electrons. The molecule has 0 spiro atoms. The van der Waals surface area contributed by atoms with E-state index >= 15 is 0 Å². The topological polar surface area (TPSA) is 36.5 Å². The summed E-state index contributed by atoms with van der Waals surface area (Å²) in [5, 5.41) is 6.59. The molecule has 1 aliphatic heterocycles. The largest absolute Gasteiger partial charge is 0.378 e. The van der Waals surface area contributed by atoms with Crippen molar-refractivity contribution in [3.05, 3.63) is 53.8 Å². The van der Waals surface area contributed by atoms with Gasteiger partial charge in [-0.1, -0.05) is 6.07 Å². The van der Waals surface area contributed by atoms with Crippen LogP contribution < -0.4 is 15.5 Å². The summed E-state index contributed by atoms with van der Waals surface area (Å²) in [6.45, 7) is 5.25. The Labute approximate surface area is 146 Å². The molecule has 0 aromatic heterocycles. The van der Waals surface area contributed by atoms with E-state index in [4.69, 9.17) is 17.0 Å². The molecule has 0 atom stereocenters. The van der Waals surface area contributed by atoms with E-state index in [2.05, 4.69) is 27.7 Å². The first-order valence-electron chi connectivity index (χ1n) is 7.89. The maximum absolute atomic E-state index is 13.3. The van der Waals surface area contributed by atoms with Crippen LogP contribution in [-0.2, 0) is 4.74 Å². The van der Waals surface area contributed by atoms with Gasteiger partial charge in [-0.15, -0.1) is 0 Å². The molecule has 2 N–H and O–H groups in total. The fraction of sp³-hybridized carbons (Fsp3) is 0.278. The van der Waals surface area contributed by atoms with E-state index in [1.807, 2.05) is 19.1 Å². The van der Waals surface area contributed by atoms with E-state index < -0.39 is 0 Å². The van der Waals surface area contributed by atoms with Crippen LogP contribution in [-0.4, -0.2) is 31.4 Å². The minimum Gasteiger partial charge on any atom is -0.378 e. The second kappa shape index (κ2) is 7.59. The highest BCUT2D eigenvalue weighted by molar-refractivity contribution is 7.80. The van der Waals surface area contributed by atoms with Crippen LogP contribution in [0.25, 0.3) is 0 Å². The average Bonchev–Trinajstić information content (AvgIpc) is 2.59. The number of halogens is 1. The Bertz CT molecular complexity index is 715. The van der Waals surface area contributed by atoms with Crippen molar-refractivity contribution in [2.24, 2.45) is 0 Å². The molecule has 0 amide bonds. The van der Waals surface area contributed by atoms with Gasteiger partial charge in [0.15, 0.2) is 5.11 Å². The van der Waals surface area contributed by atoms with Crippen LogP contribution in [0.1, 0.15) is 5.56 Å². The van der Waals surface area contributed by atoms with Crippen LogP contribution in [0, 0.1) is 12.7 Å². The molecule has 0 aliphatic carbocycles. The zero-order valence-electron chi connectivity index (χ0n) is 13.5. The summed E-state index contributed by atoms with van der Waals surface area (Å²) in [7, 11) is 0. The smallest absolute Gasteiger partial charge is 0.175 e. The molecule has 1 heterocycles. The molecule has 0 unspecified atom stereocenters. The van der Waals surface area contributed by atoms with E-state index in [1.54, 1.807) is 6.07 Å². The van der Waals surface area contributed by atoms with E-state index in [-0.39, 0.29) is 5.82 Å². The molecule has 1 aliphatic rings. The number of hydrogen-bond acceptors (Lipinski definition) is 3. The second-order valence-corrected chi connectivity index (χ2v) is 6.09. The number of benzene rings is 2. The third-order valence-corrected chi connectivity index (χ3v) is 4.15. The summed E-state index contributed by atoms with van der Waals surface area (Å²) < 4.78 is 18.7.